The molecule has 3 aromatic rings. The number of nitrogens with zero attached hydrogens (tertiary/aromatic N) is 3. The molecular weight excluding hydrogens is 397 g/mol. The number of para-hydroxylation sites is 1. The van der Waals surface area contributed by atoms with Gasteiger partial charge in [-0.15, -0.1) is 0 Å². The van der Waals surface area contributed by atoms with Crippen molar-refractivity contribution in [1.82, 2.24) is 14.9 Å². The van der Waals surface area contributed by atoms with Crippen LogP contribution < -0.4 is 0 Å². The molecule has 156 valence electrons. The van der Waals surface area contributed by atoms with Crippen molar-refractivity contribution in [3.63, 3.8) is 0 Å². The zero-order valence-electron chi connectivity index (χ0n) is 17.4. The Hall–Kier alpha value is -2.47. The summed E-state index contributed by atoms with van der Waals surface area (Å²) < 4.78 is 13.4. The maximum atomic E-state index is 13.4. The van der Waals surface area contributed by atoms with Gasteiger partial charge in [0, 0.05) is 24.0 Å². The number of thioether (sulfide) groups is 1. The highest BCUT2D eigenvalue weighted by molar-refractivity contribution is 8.00. The summed E-state index contributed by atoms with van der Waals surface area (Å²) in [5, 5.41) is 1.76. The number of amides is 1. The summed E-state index contributed by atoms with van der Waals surface area (Å²) in [5.41, 5.74) is 2.80. The first-order valence-corrected chi connectivity index (χ1v) is 11.5. The number of hydrogen-bond acceptors (Lipinski definition) is 4. The molecule has 0 atom stereocenters. The number of carbonyl (C=O) groups excluding carboxylic acids is 1. The average Bonchev–Trinajstić information content (AvgIpc) is 2.77. The highest BCUT2D eigenvalue weighted by Gasteiger charge is 2.21. The molecule has 0 radical (unpaired) electrons. The first-order valence-electron chi connectivity index (χ1n) is 10.5. The maximum absolute atomic E-state index is 13.4. The number of aryl methyl sites for hydroxylation is 1. The number of carbonyl (C=O) groups is 1. The number of benzene rings is 2. The Morgan fingerprint density at radius 1 is 1.13 bits per heavy atom. The van der Waals surface area contributed by atoms with Crippen molar-refractivity contribution in [3.8, 4) is 11.4 Å². The van der Waals surface area contributed by atoms with Gasteiger partial charge in [-0.1, -0.05) is 43.8 Å². The number of halogens is 1. The molecule has 2 heterocycles. The number of aromatic nitrogens is 2. The fourth-order valence-electron chi connectivity index (χ4n) is 3.79. The van der Waals surface area contributed by atoms with E-state index < -0.39 is 0 Å². The van der Waals surface area contributed by atoms with Gasteiger partial charge in [-0.3, -0.25) is 4.79 Å². The molecule has 1 saturated heterocycles. The van der Waals surface area contributed by atoms with Gasteiger partial charge in [0.15, 0.2) is 5.82 Å². The number of hydrogen-bond donors (Lipinski definition) is 0. The van der Waals surface area contributed by atoms with Crippen LogP contribution in [0.15, 0.2) is 47.5 Å². The van der Waals surface area contributed by atoms with Crippen molar-refractivity contribution in [2.75, 3.05) is 18.8 Å². The molecule has 0 saturated carbocycles. The zero-order chi connectivity index (χ0) is 21.1. The number of fused-ring (bicyclic) bond motifs is 1. The quantitative estimate of drug-likeness (QED) is 0.410. The Morgan fingerprint density at radius 3 is 2.57 bits per heavy atom. The van der Waals surface area contributed by atoms with Crippen molar-refractivity contribution in [2.45, 2.75) is 38.1 Å². The first-order chi connectivity index (χ1) is 14.5. The van der Waals surface area contributed by atoms with E-state index in [0.717, 1.165) is 59.4 Å². The molecule has 4 nitrogen and oxygen atoms in total. The van der Waals surface area contributed by atoms with Crippen molar-refractivity contribution in [3.05, 3.63) is 53.8 Å². The third-order valence-electron chi connectivity index (χ3n) is 5.73. The SMILES string of the molecule is CCc1cccc2c(SCC(=O)N3CCC(C)CC3)nc(-c3ccc(F)cc3)nc12. The van der Waals surface area contributed by atoms with Crippen LogP contribution >= 0.6 is 11.8 Å². The second-order valence-electron chi connectivity index (χ2n) is 7.88. The van der Waals surface area contributed by atoms with E-state index in [-0.39, 0.29) is 11.7 Å². The van der Waals surface area contributed by atoms with Crippen LogP contribution in [0.2, 0.25) is 0 Å². The highest BCUT2D eigenvalue weighted by Crippen LogP contribution is 2.31. The lowest BCUT2D eigenvalue weighted by molar-refractivity contribution is -0.129. The van der Waals surface area contributed by atoms with E-state index >= 15 is 0 Å². The highest BCUT2D eigenvalue weighted by atomic mass is 32.2. The van der Waals surface area contributed by atoms with E-state index in [0.29, 0.717) is 17.5 Å². The van der Waals surface area contributed by atoms with Gasteiger partial charge in [-0.2, -0.15) is 0 Å². The van der Waals surface area contributed by atoms with Crippen LogP contribution in [-0.2, 0) is 11.2 Å². The van der Waals surface area contributed by atoms with Gasteiger partial charge in [-0.05, 0) is 55.0 Å². The summed E-state index contributed by atoms with van der Waals surface area (Å²) in [6.07, 6.45) is 3.00. The number of rotatable bonds is 5. The fraction of sp³-hybridized carbons (Fsp3) is 0.375. The number of piperidine rings is 1. The Morgan fingerprint density at radius 2 is 1.87 bits per heavy atom. The third kappa shape index (κ3) is 4.48. The third-order valence-corrected chi connectivity index (χ3v) is 6.70. The van der Waals surface area contributed by atoms with E-state index in [1.54, 1.807) is 12.1 Å². The molecule has 30 heavy (non-hydrogen) atoms. The van der Waals surface area contributed by atoms with E-state index in [4.69, 9.17) is 9.97 Å². The summed E-state index contributed by atoms with van der Waals surface area (Å²) in [5.74, 6) is 1.49. The lowest BCUT2D eigenvalue weighted by Crippen LogP contribution is -2.38. The van der Waals surface area contributed by atoms with Crippen molar-refractivity contribution < 1.29 is 9.18 Å². The van der Waals surface area contributed by atoms with Crippen LogP contribution in [0.1, 0.15) is 32.3 Å². The minimum Gasteiger partial charge on any atom is -0.342 e. The van der Waals surface area contributed by atoms with Gasteiger partial charge < -0.3 is 4.90 Å². The summed E-state index contributed by atoms with van der Waals surface area (Å²) in [6, 6.07) is 12.3. The molecular formula is C24H26FN3OS. The molecule has 1 aromatic heterocycles. The van der Waals surface area contributed by atoms with E-state index in [2.05, 4.69) is 19.9 Å². The molecule has 0 N–H and O–H groups in total. The predicted octanol–water partition coefficient (Wildman–Crippen LogP) is 5.35. The van der Waals surface area contributed by atoms with Crippen LogP contribution in [0.4, 0.5) is 4.39 Å². The smallest absolute Gasteiger partial charge is 0.232 e. The lowest BCUT2D eigenvalue weighted by Gasteiger charge is -2.30. The van der Waals surface area contributed by atoms with E-state index in [9.17, 15) is 9.18 Å². The Bertz CT molecular complexity index is 1050. The van der Waals surface area contributed by atoms with Crippen LogP contribution in [-0.4, -0.2) is 39.6 Å². The first kappa shape index (κ1) is 20.8. The van der Waals surface area contributed by atoms with Gasteiger partial charge in [0.2, 0.25) is 5.91 Å². The number of likely N-dealkylation sites (tertiary alicyclic amines) is 1. The summed E-state index contributed by atoms with van der Waals surface area (Å²) in [4.78, 5) is 24.3. The average molecular weight is 424 g/mol. The molecule has 1 fully saturated rings. The van der Waals surface area contributed by atoms with Crippen LogP contribution in [0, 0.1) is 11.7 Å². The predicted molar refractivity (Wildman–Crippen MR) is 120 cm³/mol. The molecule has 0 bridgehead atoms. The topological polar surface area (TPSA) is 46.1 Å². The molecule has 0 spiro atoms. The second kappa shape index (κ2) is 9.13. The molecule has 6 heteroatoms. The summed E-state index contributed by atoms with van der Waals surface area (Å²) in [7, 11) is 0. The van der Waals surface area contributed by atoms with Crippen molar-refractivity contribution >= 4 is 28.6 Å². The van der Waals surface area contributed by atoms with Gasteiger partial charge >= 0.3 is 0 Å². The zero-order valence-corrected chi connectivity index (χ0v) is 18.2. The van der Waals surface area contributed by atoms with Crippen LogP contribution in [0.25, 0.3) is 22.3 Å². The lowest BCUT2D eigenvalue weighted by atomic mass is 9.99. The minimum atomic E-state index is -0.287. The van der Waals surface area contributed by atoms with E-state index in [1.165, 1.54) is 23.9 Å². The normalized spacial score (nSPS) is 15.0. The van der Waals surface area contributed by atoms with Gasteiger partial charge in [0.25, 0.3) is 0 Å². The van der Waals surface area contributed by atoms with Crippen LogP contribution in [0.3, 0.4) is 0 Å². The Labute approximate surface area is 180 Å². The van der Waals surface area contributed by atoms with Gasteiger partial charge in [0.05, 0.1) is 11.3 Å². The largest absolute Gasteiger partial charge is 0.342 e. The standard InChI is InChI=1S/C24H26FN3OS/c1-3-17-5-4-6-20-22(17)26-23(18-7-9-19(25)10-8-18)27-24(20)30-15-21(29)28-13-11-16(2)12-14-28/h4-10,16H,3,11-15H2,1-2H3. The summed E-state index contributed by atoms with van der Waals surface area (Å²) >= 11 is 1.47. The fourth-order valence-corrected chi connectivity index (χ4v) is 4.70. The molecule has 1 aliphatic rings. The molecule has 1 amide bonds. The second-order valence-corrected chi connectivity index (χ2v) is 8.84. The Kier molecular flexibility index (Phi) is 6.32. The molecule has 2 aromatic carbocycles. The molecule has 0 unspecified atom stereocenters. The molecule has 1 aliphatic heterocycles. The minimum absolute atomic E-state index is 0.161. The van der Waals surface area contributed by atoms with Crippen LogP contribution in [0.5, 0.6) is 0 Å². The van der Waals surface area contributed by atoms with Gasteiger partial charge in [-0.25, -0.2) is 14.4 Å². The maximum Gasteiger partial charge on any atom is 0.232 e. The van der Waals surface area contributed by atoms with Gasteiger partial charge in [0.1, 0.15) is 10.8 Å². The monoisotopic (exact) mass is 423 g/mol. The van der Waals surface area contributed by atoms with Crippen molar-refractivity contribution in [1.29, 1.82) is 0 Å². The molecule has 0 aliphatic carbocycles. The molecule has 4 rings (SSSR count). The Balaban J connectivity index is 1.65. The van der Waals surface area contributed by atoms with E-state index in [1.807, 2.05) is 17.0 Å². The van der Waals surface area contributed by atoms with Crippen molar-refractivity contribution in [2.24, 2.45) is 5.92 Å². The summed E-state index contributed by atoms with van der Waals surface area (Å²) in [6.45, 7) is 6.02.